The standard InChI is InChI=1S/C19H19F2N3O2/c1-19(22,12-6-3-2-4-7-12)18(26)23-15-10-11-24(17(15)25)16-13(20)8-5-9-14(16)21/h2-9,15H,10-11,22H2,1H3,(H,23,26). The van der Waals surface area contributed by atoms with Crippen molar-refractivity contribution >= 4 is 17.5 Å². The smallest absolute Gasteiger partial charge is 0.249 e. The van der Waals surface area contributed by atoms with Gasteiger partial charge in [-0.25, -0.2) is 8.78 Å². The second-order valence-electron chi connectivity index (χ2n) is 6.44. The molecule has 3 rings (SSSR count). The molecular formula is C19H19F2N3O2. The number of benzene rings is 2. The first-order valence-electron chi connectivity index (χ1n) is 8.23. The van der Waals surface area contributed by atoms with Crippen LogP contribution in [0.1, 0.15) is 18.9 Å². The molecule has 26 heavy (non-hydrogen) atoms. The van der Waals surface area contributed by atoms with E-state index in [4.69, 9.17) is 5.73 Å². The third kappa shape index (κ3) is 3.17. The molecule has 2 amide bonds. The van der Waals surface area contributed by atoms with Crippen molar-refractivity contribution in [3.63, 3.8) is 0 Å². The van der Waals surface area contributed by atoms with E-state index in [9.17, 15) is 18.4 Å². The molecule has 2 aromatic rings. The highest BCUT2D eigenvalue weighted by molar-refractivity contribution is 6.02. The number of anilines is 1. The van der Waals surface area contributed by atoms with Gasteiger partial charge in [-0.15, -0.1) is 0 Å². The van der Waals surface area contributed by atoms with E-state index in [0.717, 1.165) is 17.0 Å². The summed E-state index contributed by atoms with van der Waals surface area (Å²) in [5.41, 5.74) is 5.01. The van der Waals surface area contributed by atoms with E-state index in [0.29, 0.717) is 5.56 Å². The van der Waals surface area contributed by atoms with Crippen LogP contribution in [0.25, 0.3) is 0 Å². The lowest BCUT2D eigenvalue weighted by molar-refractivity contribution is -0.130. The van der Waals surface area contributed by atoms with Crippen molar-refractivity contribution in [1.82, 2.24) is 5.32 Å². The van der Waals surface area contributed by atoms with Crippen molar-refractivity contribution in [2.45, 2.75) is 24.9 Å². The first-order valence-corrected chi connectivity index (χ1v) is 8.23. The van der Waals surface area contributed by atoms with E-state index in [1.807, 2.05) is 0 Å². The van der Waals surface area contributed by atoms with Crippen molar-refractivity contribution in [3.8, 4) is 0 Å². The summed E-state index contributed by atoms with van der Waals surface area (Å²) in [5.74, 6) is -2.74. The SMILES string of the molecule is CC(N)(C(=O)NC1CCN(c2c(F)cccc2F)C1=O)c1ccccc1. The van der Waals surface area contributed by atoms with Gasteiger partial charge in [0, 0.05) is 6.54 Å². The minimum absolute atomic E-state index is 0.105. The number of carbonyl (C=O) groups excluding carboxylic acids is 2. The summed E-state index contributed by atoms with van der Waals surface area (Å²) in [4.78, 5) is 26.2. The Balaban J connectivity index is 1.76. The molecule has 1 saturated heterocycles. The molecule has 7 heteroatoms. The number of hydrogen-bond acceptors (Lipinski definition) is 3. The number of carbonyl (C=O) groups is 2. The van der Waals surface area contributed by atoms with Gasteiger partial charge in [-0.05, 0) is 31.0 Å². The van der Waals surface area contributed by atoms with Gasteiger partial charge in [0.1, 0.15) is 28.9 Å². The van der Waals surface area contributed by atoms with Gasteiger partial charge in [0.15, 0.2) is 0 Å². The molecule has 2 aromatic carbocycles. The highest BCUT2D eigenvalue weighted by Crippen LogP contribution is 2.28. The van der Waals surface area contributed by atoms with Gasteiger partial charge in [-0.1, -0.05) is 36.4 Å². The Morgan fingerprint density at radius 3 is 2.38 bits per heavy atom. The zero-order valence-corrected chi connectivity index (χ0v) is 14.2. The van der Waals surface area contributed by atoms with Gasteiger partial charge in [-0.2, -0.15) is 0 Å². The summed E-state index contributed by atoms with van der Waals surface area (Å²) < 4.78 is 27.9. The molecule has 0 bridgehead atoms. The van der Waals surface area contributed by atoms with Gasteiger partial charge in [-0.3, -0.25) is 9.59 Å². The Morgan fingerprint density at radius 2 is 1.77 bits per heavy atom. The average Bonchev–Trinajstić information content (AvgIpc) is 2.96. The summed E-state index contributed by atoms with van der Waals surface area (Å²) in [5, 5.41) is 2.61. The maximum Gasteiger partial charge on any atom is 0.249 e. The first kappa shape index (κ1) is 18.0. The third-order valence-corrected chi connectivity index (χ3v) is 4.56. The Bertz CT molecular complexity index is 820. The van der Waals surface area contributed by atoms with Crippen LogP contribution in [0.4, 0.5) is 14.5 Å². The molecule has 2 atom stereocenters. The number of hydrogen-bond donors (Lipinski definition) is 2. The van der Waals surface area contributed by atoms with E-state index >= 15 is 0 Å². The molecule has 136 valence electrons. The van der Waals surface area contributed by atoms with Crippen LogP contribution >= 0.6 is 0 Å². The molecule has 0 spiro atoms. The summed E-state index contributed by atoms with van der Waals surface area (Å²) >= 11 is 0. The van der Waals surface area contributed by atoms with Crippen molar-refractivity contribution in [3.05, 3.63) is 65.7 Å². The highest BCUT2D eigenvalue weighted by atomic mass is 19.1. The maximum absolute atomic E-state index is 13.9. The molecule has 0 aliphatic carbocycles. The summed E-state index contributed by atoms with van der Waals surface area (Å²) in [6.45, 7) is 1.65. The molecule has 1 aliphatic heterocycles. The second kappa shape index (κ2) is 6.84. The van der Waals surface area contributed by atoms with E-state index in [2.05, 4.69) is 5.32 Å². The van der Waals surface area contributed by atoms with Crippen molar-refractivity contribution in [1.29, 1.82) is 0 Å². The van der Waals surface area contributed by atoms with E-state index in [-0.39, 0.29) is 13.0 Å². The quantitative estimate of drug-likeness (QED) is 0.877. The van der Waals surface area contributed by atoms with Gasteiger partial charge in [0.25, 0.3) is 0 Å². The minimum Gasteiger partial charge on any atom is -0.342 e. The minimum atomic E-state index is -1.34. The predicted octanol–water partition coefficient (Wildman–Crippen LogP) is 2.06. The molecule has 0 aromatic heterocycles. The molecule has 1 fully saturated rings. The van der Waals surface area contributed by atoms with E-state index in [1.165, 1.54) is 6.07 Å². The van der Waals surface area contributed by atoms with Gasteiger partial charge >= 0.3 is 0 Å². The highest BCUT2D eigenvalue weighted by Gasteiger charge is 2.39. The second-order valence-corrected chi connectivity index (χ2v) is 6.44. The van der Waals surface area contributed by atoms with Crippen LogP contribution in [0.5, 0.6) is 0 Å². The molecule has 0 saturated carbocycles. The maximum atomic E-state index is 13.9. The van der Waals surface area contributed by atoms with Crippen LogP contribution < -0.4 is 16.0 Å². The molecular weight excluding hydrogens is 340 g/mol. The summed E-state index contributed by atoms with van der Waals surface area (Å²) in [7, 11) is 0. The summed E-state index contributed by atoms with van der Waals surface area (Å²) in [6.07, 6.45) is 0.239. The average molecular weight is 359 g/mol. The lowest BCUT2D eigenvalue weighted by atomic mass is 9.92. The van der Waals surface area contributed by atoms with Gasteiger partial charge < -0.3 is 16.0 Å². The van der Waals surface area contributed by atoms with Crippen LogP contribution in [0.2, 0.25) is 0 Å². The Labute approximate surface area is 149 Å². The fraction of sp³-hybridized carbons (Fsp3) is 0.263. The lowest BCUT2D eigenvalue weighted by Gasteiger charge is -2.26. The number of halogens is 2. The zero-order chi connectivity index (χ0) is 18.9. The van der Waals surface area contributed by atoms with Crippen LogP contribution in [-0.2, 0) is 15.1 Å². The molecule has 5 nitrogen and oxygen atoms in total. The molecule has 1 aliphatic rings. The number of amides is 2. The van der Waals surface area contributed by atoms with Crippen LogP contribution in [0.3, 0.4) is 0 Å². The normalized spacial score (nSPS) is 19.3. The summed E-state index contributed by atoms with van der Waals surface area (Å²) in [6, 6.07) is 11.3. The number of nitrogens with zero attached hydrogens (tertiary/aromatic N) is 1. The molecule has 0 radical (unpaired) electrons. The van der Waals surface area contributed by atoms with Crippen LogP contribution in [0.15, 0.2) is 48.5 Å². The molecule has 1 heterocycles. The number of para-hydroxylation sites is 1. The topological polar surface area (TPSA) is 75.4 Å². The largest absolute Gasteiger partial charge is 0.342 e. The number of nitrogens with one attached hydrogen (secondary N) is 1. The number of nitrogens with two attached hydrogens (primary N) is 1. The zero-order valence-electron chi connectivity index (χ0n) is 14.2. The molecule has 3 N–H and O–H groups in total. The van der Waals surface area contributed by atoms with Crippen molar-refractivity contribution in [2.75, 3.05) is 11.4 Å². The Morgan fingerprint density at radius 1 is 1.15 bits per heavy atom. The van der Waals surface area contributed by atoms with E-state index < -0.39 is 40.7 Å². The van der Waals surface area contributed by atoms with Crippen LogP contribution in [-0.4, -0.2) is 24.4 Å². The predicted molar refractivity (Wildman–Crippen MR) is 93.2 cm³/mol. The molecule has 2 unspecified atom stereocenters. The third-order valence-electron chi connectivity index (χ3n) is 4.56. The first-order chi connectivity index (χ1) is 12.3. The Hall–Kier alpha value is -2.80. The van der Waals surface area contributed by atoms with Gasteiger partial charge in [0.05, 0.1) is 0 Å². The number of rotatable bonds is 4. The fourth-order valence-electron chi connectivity index (χ4n) is 3.01. The van der Waals surface area contributed by atoms with Crippen molar-refractivity contribution in [2.24, 2.45) is 5.73 Å². The monoisotopic (exact) mass is 359 g/mol. The van der Waals surface area contributed by atoms with Crippen LogP contribution in [0, 0.1) is 11.6 Å². The van der Waals surface area contributed by atoms with Crippen molar-refractivity contribution < 1.29 is 18.4 Å². The lowest BCUT2D eigenvalue weighted by Crippen LogP contribution is -2.53. The van der Waals surface area contributed by atoms with Gasteiger partial charge in [0.2, 0.25) is 11.8 Å². The Kier molecular flexibility index (Phi) is 4.73. The fourth-order valence-corrected chi connectivity index (χ4v) is 3.01. The van der Waals surface area contributed by atoms with E-state index in [1.54, 1.807) is 37.3 Å².